The van der Waals surface area contributed by atoms with E-state index in [9.17, 15) is 24.2 Å². The van der Waals surface area contributed by atoms with Gasteiger partial charge in [0.1, 0.15) is 11.5 Å². The molecule has 1 atom stereocenters. The van der Waals surface area contributed by atoms with E-state index >= 15 is 0 Å². The monoisotopic (exact) mass is 593 g/mol. The highest BCUT2D eigenvalue weighted by Crippen LogP contribution is 2.34. The lowest BCUT2D eigenvalue weighted by molar-refractivity contribution is -0.206. The fourth-order valence-corrected chi connectivity index (χ4v) is 4.32. The van der Waals surface area contributed by atoms with Crippen LogP contribution < -0.4 is 4.74 Å². The molecule has 0 fully saturated rings. The second kappa shape index (κ2) is 13.4. The molecule has 0 radical (unpaired) electrons. The van der Waals surface area contributed by atoms with Crippen LogP contribution in [0.5, 0.6) is 11.5 Å². The van der Waals surface area contributed by atoms with E-state index < -0.39 is 50.0 Å². The molecule has 1 unspecified atom stereocenters. The van der Waals surface area contributed by atoms with Crippen LogP contribution in [0.1, 0.15) is 89.4 Å². The summed E-state index contributed by atoms with van der Waals surface area (Å²) in [6, 6.07) is 6.85. The van der Waals surface area contributed by atoms with E-state index in [0.29, 0.717) is 12.1 Å². The van der Waals surface area contributed by atoms with E-state index in [1.165, 1.54) is 0 Å². The van der Waals surface area contributed by atoms with Gasteiger partial charge in [-0.3, -0.25) is 23.7 Å². The van der Waals surface area contributed by atoms with Gasteiger partial charge in [-0.1, -0.05) is 13.8 Å². The van der Waals surface area contributed by atoms with Crippen LogP contribution in [0.15, 0.2) is 24.3 Å². The van der Waals surface area contributed by atoms with Crippen molar-refractivity contribution in [2.24, 2.45) is 10.8 Å². The van der Waals surface area contributed by atoms with Gasteiger partial charge in [-0.2, -0.15) is 0 Å². The molecular weight excluding hydrogens is 549 g/mol. The Balaban J connectivity index is 2.46. The molecule has 0 bridgehead atoms. The molecule has 0 spiro atoms. The van der Waals surface area contributed by atoms with Gasteiger partial charge in [0.25, 0.3) is 5.79 Å². The molecule has 1 heterocycles. The summed E-state index contributed by atoms with van der Waals surface area (Å²) >= 11 is 0. The average Bonchev–Trinajstić information content (AvgIpc) is 2.82. The lowest BCUT2D eigenvalue weighted by Crippen LogP contribution is -2.49. The summed E-state index contributed by atoms with van der Waals surface area (Å²) in [6.45, 7) is 16.4. The van der Waals surface area contributed by atoms with Crippen molar-refractivity contribution in [3.05, 3.63) is 52.3 Å². The predicted octanol–water partition coefficient (Wildman–Crippen LogP) is 5.77. The van der Waals surface area contributed by atoms with Crippen LogP contribution in [-0.2, 0) is 34.6 Å². The fourth-order valence-electron chi connectivity index (χ4n) is 3.84. The van der Waals surface area contributed by atoms with Crippen molar-refractivity contribution < 1.29 is 42.9 Å². The Labute approximate surface area is 243 Å². The van der Waals surface area contributed by atoms with Gasteiger partial charge in [-0.05, 0) is 102 Å². The molecule has 2 rings (SSSR count). The van der Waals surface area contributed by atoms with E-state index in [0.717, 1.165) is 22.4 Å². The van der Waals surface area contributed by atoms with Crippen molar-refractivity contribution in [2.45, 2.75) is 87.4 Å². The quantitative estimate of drug-likeness (QED) is 0.187. The average molecular weight is 594 g/mol. The molecule has 0 aliphatic rings. The number of benzene rings is 1. The van der Waals surface area contributed by atoms with Crippen LogP contribution in [0.2, 0.25) is 0 Å². The molecule has 2 aromatic rings. The summed E-state index contributed by atoms with van der Waals surface area (Å²) < 4.78 is 34.2. The van der Waals surface area contributed by atoms with Crippen molar-refractivity contribution >= 4 is 20.2 Å². The number of esters is 2. The van der Waals surface area contributed by atoms with Gasteiger partial charge in [0.15, 0.2) is 13.2 Å². The number of nitrogens with zero attached hydrogens (tertiary/aromatic N) is 1. The minimum Gasteiger partial charge on any atom is -0.506 e. The number of pyridine rings is 1. The molecule has 41 heavy (non-hydrogen) atoms. The number of hydrogen-bond donors (Lipinski definition) is 2. The van der Waals surface area contributed by atoms with E-state index in [2.05, 4.69) is 4.98 Å². The molecule has 2 N–H and O–H groups in total. The van der Waals surface area contributed by atoms with Crippen LogP contribution in [0.25, 0.3) is 0 Å². The third kappa shape index (κ3) is 9.83. The zero-order valence-electron chi connectivity index (χ0n) is 25.7. The molecule has 1 aromatic carbocycles. The molecule has 0 saturated heterocycles. The first-order chi connectivity index (χ1) is 18.7. The predicted molar refractivity (Wildman–Crippen MR) is 155 cm³/mol. The zero-order chi connectivity index (χ0) is 31.3. The first-order valence-electron chi connectivity index (χ1n) is 13.5. The SMILES string of the molecule is Cc1cc(OC(COC(=O)C(C)(C)C)(COC(=O)C(C)(C)C)O[PH](=O)O)cc(C)c1Cc1ccc(O)c(C(C)C)n1. The molecule has 0 saturated carbocycles. The van der Waals surface area contributed by atoms with Gasteiger partial charge in [-0.15, -0.1) is 0 Å². The number of hydrogen-bond acceptors (Lipinski definition) is 9. The van der Waals surface area contributed by atoms with Gasteiger partial charge in [-0.25, -0.2) is 0 Å². The van der Waals surface area contributed by atoms with Gasteiger partial charge in [0, 0.05) is 12.1 Å². The summed E-state index contributed by atoms with van der Waals surface area (Å²) in [4.78, 5) is 39.5. The number of ether oxygens (including phenoxy) is 3. The third-order valence-corrected chi connectivity index (χ3v) is 6.73. The topological polar surface area (TPSA) is 141 Å². The van der Waals surface area contributed by atoms with E-state index in [1.54, 1.807) is 65.8 Å². The van der Waals surface area contributed by atoms with Crippen LogP contribution in [-0.4, -0.2) is 45.9 Å². The number of carbonyl (C=O) groups excluding carboxylic acids is 2. The smallest absolute Gasteiger partial charge is 0.320 e. The molecule has 228 valence electrons. The second-order valence-electron chi connectivity index (χ2n) is 12.6. The third-order valence-electron chi connectivity index (χ3n) is 6.18. The highest BCUT2D eigenvalue weighted by molar-refractivity contribution is 7.32. The standard InChI is InChI=1S/C30H44NO9P/c1-18(2)25-24(32)12-11-21(31-25)15-23-19(3)13-22(14-20(23)4)39-30(40-41(35)36,16-37-26(33)28(5,6)7)17-38-27(34)29(8,9)10/h11-14,18,32,41H,15-17H2,1-10H3,(H,35,36). The normalized spacial score (nSPS) is 13.2. The molecule has 0 aliphatic carbocycles. The lowest BCUT2D eigenvalue weighted by atomic mass is 9.97. The minimum absolute atomic E-state index is 0.0554. The summed E-state index contributed by atoms with van der Waals surface area (Å²) in [5, 5.41) is 10.1. The summed E-state index contributed by atoms with van der Waals surface area (Å²) in [7, 11) is -3.64. The van der Waals surface area contributed by atoms with Crippen molar-refractivity contribution in [1.82, 2.24) is 4.98 Å². The van der Waals surface area contributed by atoms with Gasteiger partial charge in [0.05, 0.1) is 16.5 Å². The van der Waals surface area contributed by atoms with Crippen molar-refractivity contribution in [3.8, 4) is 11.5 Å². The zero-order valence-corrected chi connectivity index (χ0v) is 26.7. The number of rotatable bonds is 11. The fraction of sp³-hybridized carbons (Fsp3) is 0.567. The first kappa shape index (κ1) is 34.3. The van der Waals surface area contributed by atoms with Crippen molar-refractivity contribution in [1.29, 1.82) is 0 Å². The molecule has 0 amide bonds. The summed E-state index contributed by atoms with van der Waals surface area (Å²) in [5.41, 5.74) is 2.32. The Bertz CT molecular complexity index is 1220. The Morgan fingerprint density at radius 2 is 1.41 bits per heavy atom. The second-order valence-corrected chi connectivity index (χ2v) is 13.3. The Hall–Kier alpha value is -2.94. The Morgan fingerprint density at radius 1 is 0.927 bits per heavy atom. The number of carbonyl (C=O) groups is 2. The van der Waals surface area contributed by atoms with Crippen LogP contribution >= 0.6 is 8.25 Å². The maximum atomic E-state index is 12.6. The van der Waals surface area contributed by atoms with Crippen LogP contribution in [0.3, 0.4) is 0 Å². The van der Waals surface area contributed by atoms with E-state index in [-0.39, 0.29) is 17.4 Å². The highest BCUT2D eigenvalue weighted by atomic mass is 31.1. The Kier molecular flexibility index (Phi) is 11.2. The summed E-state index contributed by atoms with van der Waals surface area (Å²) in [5.74, 6) is -2.82. The summed E-state index contributed by atoms with van der Waals surface area (Å²) in [6.07, 6.45) is 0.496. The van der Waals surface area contributed by atoms with Crippen molar-refractivity contribution in [2.75, 3.05) is 13.2 Å². The van der Waals surface area contributed by atoms with Crippen LogP contribution in [0.4, 0.5) is 0 Å². The Morgan fingerprint density at radius 3 is 1.83 bits per heavy atom. The highest BCUT2D eigenvalue weighted by Gasteiger charge is 2.42. The molecular formula is C30H44NO9P. The van der Waals surface area contributed by atoms with E-state index in [1.807, 2.05) is 27.7 Å². The van der Waals surface area contributed by atoms with Crippen molar-refractivity contribution in [3.63, 3.8) is 0 Å². The molecule has 11 heteroatoms. The maximum absolute atomic E-state index is 12.6. The van der Waals surface area contributed by atoms with Gasteiger partial charge >= 0.3 is 20.2 Å². The van der Waals surface area contributed by atoms with Gasteiger partial charge < -0.3 is 24.2 Å². The number of aromatic hydroxyl groups is 1. The molecule has 1 aromatic heterocycles. The first-order valence-corrected chi connectivity index (χ1v) is 14.7. The van der Waals surface area contributed by atoms with E-state index in [4.69, 9.17) is 18.7 Å². The largest absolute Gasteiger partial charge is 0.506 e. The molecule has 0 aliphatic heterocycles. The maximum Gasteiger partial charge on any atom is 0.320 e. The number of aromatic nitrogens is 1. The minimum atomic E-state index is -3.64. The molecule has 10 nitrogen and oxygen atoms in total. The van der Waals surface area contributed by atoms with Crippen LogP contribution in [0, 0.1) is 24.7 Å². The number of aryl methyl sites for hydroxylation is 2. The lowest BCUT2D eigenvalue weighted by Gasteiger charge is -2.33. The van der Waals surface area contributed by atoms with Gasteiger partial charge in [0.2, 0.25) is 0 Å².